The summed E-state index contributed by atoms with van der Waals surface area (Å²) in [7, 11) is 0. The molecule has 0 radical (unpaired) electrons. The number of nitrogens with two attached hydrogens (primary N) is 1. The molecule has 1 aromatic heterocycles. The molecule has 1 heterocycles. The zero-order valence-electron chi connectivity index (χ0n) is 13.5. The first-order chi connectivity index (χ1) is 11.3. The van der Waals surface area contributed by atoms with Gasteiger partial charge in [0.2, 0.25) is 11.8 Å². The van der Waals surface area contributed by atoms with Crippen LogP contribution in [-0.4, -0.2) is 27.5 Å². The summed E-state index contributed by atoms with van der Waals surface area (Å²) in [6.07, 6.45) is 0. The molecule has 0 aliphatic heterocycles. The molecule has 2 aromatic rings. The normalized spacial score (nSPS) is 12.1. The van der Waals surface area contributed by atoms with Crippen molar-refractivity contribution in [2.45, 2.75) is 32.9 Å². The monoisotopic (exact) mass is 351 g/mol. The van der Waals surface area contributed by atoms with E-state index in [0.29, 0.717) is 16.5 Å². The van der Waals surface area contributed by atoms with Gasteiger partial charge in [0, 0.05) is 17.5 Å². The van der Waals surface area contributed by atoms with E-state index in [9.17, 15) is 4.79 Å². The van der Waals surface area contributed by atoms with E-state index in [4.69, 9.17) is 26.6 Å². The lowest BCUT2D eigenvalue weighted by Crippen LogP contribution is -2.52. The highest BCUT2D eigenvalue weighted by molar-refractivity contribution is 6.30. The van der Waals surface area contributed by atoms with Gasteiger partial charge < -0.3 is 20.3 Å². The van der Waals surface area contributed by atoms with Crippen molar-refractivity contribution in [3.63, 3.8) is 0 Å². The Balaban J connectivity index is 1.98. The topological polar surface area (TPSA) is 116 Å². The number of halogens is 1. The van der Waals surface area contributed by atoms with Crippen molar-refractivity contribution < 1.29 is 14.0 Å². The zero-order valence-corrected chi connectivity index (χ0v) is 14.3. The van der Waals surface area contributed by atoms with Crippen molar-refractivity contribution in [3.05, 3.63) is 35.2 Å². The summed E-state index contributed by atoms with van der Waals surface area (Å²) in [5, 5.41) is 14.8. The molecule has 0 aliphatic carbocycles. The van der Waals surface area contributed by atoms with Gasteiger partial charge in [0.15, 0.2) is 12.4 Å². The van der Waals surface area contributed by atoms with Crippen LogP contribution in [-0.2, 0) is 16.2 Å². The van der Waals surface area contributed by atoms with Crippen LogP contribution in [0, 0.1) is 0 Å². The Morgan fingerprint density at radius 1 is 1.46 bits per heavy atom. The molecule has 0 unspecified atom stereocenters. The van der Waals surface area contributed by atoms with Gasteiger partial charge >= 0.3 is 0 Å². The maximum Gasteiger partial charge on any atom is 0.257 e. The summed E-state index contributed by atoms with van der Waals surface area (Å²) in [5.74, 6) is 0.457. The number of aromatic nitrogens is 2. The number of carbonyl (C=O) groups is 1. The molecule has 128 valence electrons. The lowest BCUT2D eigenvalue weighted by atomic mass is 10.0. The molecule has 9 heteroatoms. The van der Waals surface area contributed by atoms with E-state index in [0.717, 1.165) is 0 Å². The lowest BCUT2D eigenvalue weighted by Gasteiger charge is -2.23. The van der Waals surface area contributed by atoms with Crippen LogP contribution in [0.3, 0.4) is 0 Å². The van der Waals surface area contributed by atoms with Gasteiger partial charge in [0.25, 0.3) is 5.89 Å². The summed E-state index contributed by atoms with van der Waals surface area (Å²) in [4.78, 5) is 16.2. The minimum atomic E-state index is -0.827. The first-order valence-electron chi connectivity index (χ1n) is 7.11. The molecular weight excluding hydrogens is 334 g/mol. The molecule has 1 aromatic carbocycles. The standard InChI is InChI=1S/C15H18ClN5O3/c1-9(22)18-15(2,3)14(17)21-23-8-12-19-20-13(24-12)10-5-4-6-11(16)7-10/h4-7H,8H2,1-3H3,(H2,17,21)(H,18,22). The molecule has 1 amide bonds. The number of nitrogens with zero attached hydrogens (tertiary/aromatic N) is 3. The Bertz CT molecular complexity index is 757. The summed E-state index contributed by atoms with van der Waals surface area (Å²) in [5.41, 5.74) is 5.68. The average Bonchev–Trinajstić information content (AvgIpc) is 2.94. The molecular formula is C15H18ClN5O3. The third kappa shape index (κ3) is 4.69. The number of amidine groups is 1. The van der Waals surface area contributed by atoms with Crippen molar-refractivity contribution in [1.29, 1.82) is 0 Å². The Morgan fingerprint density at radius 3 is 2.88 bits per heavy atom. The maximum atomic E-state index is 11.1. The van der Waals surface area contributed by atoms with Crippen molar-refractivity contribution >= 4 is 23.3 Å². The average molecular weight is 352 g/mol. The number of amides is 1. The highest BCUT2D eigenvalue weighted by Crippen LogP contribution is 2.21. The van der Waals surface area contributed by atoms with Crippen LogP contribution in [0.25, 0.3) is 11.5 Å². The molecule has 0 atom stereocenters. The number of carbonyl (C=O) groups excluding carboxylic acids is 1. The third-order valence-electron chi connectivity index (χ3n) is 3.02. The highest BCUT2D eigenvalue weighted by atomic mass is 35.5. The van der Waals surface area contributed by atoms with E-state index in [1.54, 1.807) is 38.1 Å². The second-order valence-electron chi connectivity index (χ2n) is 5.57. The van der Waals surface area contributed by atoms with Gasteiger partial charge in [0.1, 0.15) is 0 Å². The maximum absolute atomic E-state index is 11.1. The second kappa shape index (κ2) is 7.31. The van der Waals surface area contributed by atoms with Crippen molar-refractivity contribution in [2.75, 3.05) is 0 Å². The Hall–Kier alpha value is -2.61. The van der Waals surface area contributed by atoms with E-state index in [1.807, 2.05) is 0 Å². The SMILES string of the molecule is CC(=O)NC(C)(C)C(N)=NOCc1nnc(-c2cccc(Cl)c2)o1. The van der Waals surface area contributed by atoms with Gasteiger partial charge in [-0.05, 0) is 32.0 Å². The van der Waals surface area contributed by atoms with Crippen LogP contribution < -0.4 is 11.1 Å². The molecule has 0 saturated heterocycles. The zero-order chi connectivity index (χ0) is 17.7. The molecule has 0 aliphatic rings. The predicted octanol–water partition coefficient (Wildman–Crippen LogP) is 2.09. The smallest absolute Gasteiger partial charge is 0.257 e. The number of nitrogens with one attached hydrogen (secondary N) is 1. The number of oxime groups is 1. The minimum Gasteiger partial charge on any atom is -0.417 e. The Kier molecular flexibility index (Phi) is 5.40. The van der Waals surface area contributed by atoms with E-state index < -0.39 is 5.54 Å². The number of hydrogen-bond acceptors (Lipinski definition) is 6. The van der Waals surface area contributed by atoms with E-state index in [-0.39, 0.29) is 24.2 Å². The number of hydrogen-bond donors (Lipinski definition) is 2. The summed E-state index contributed by atoms with van der Waals surface area (Å²) >= 11 is 5.92. The third-order valence-corrected chi connectivity index (χ3v) is 3.25. The van der Waals surface area contributed by atoms with Gasteiger partial charge in [-0.3, -0.25) is 4.79 Å². The molecule has 3 N–H and O–H groups in total. The largest absolute Gasteiger partial charge is 0.417 e. The van der Waals surface area contributed by atoms with Crippen LogP contribution in [0.1, 0.15) is 26.7 Å². The van der Waals surface area contributed by atoms with E-state index in [1.165, 1.54) is 6.92 Å². The van der Waals surface area contributed by atoms with Crippen LogP contribution >= 0.6 is 11.6 Å². The van der Waals surface area contributed by atoms with Gasteiger partial charge in [-0.2, -0.15) is 0 Å². The first-order valence-corrected chi connectivity index (χ1v) is 7.48. The molecule has 0 saturated carbocycles. The minimum absolute atomic E-state index is 0.0512. The van der Waals surface area contributed by atoms with E-state index in [2.05, 4.69) is 20.7 Å². The molecule has 8 nitrogen and oxygen atoms in total. The van der Waals surface area contributed by atoms with Crippen molar-refractivity contribution in [3.8, 4) is 11.5 Å². The van der Waals surface area contributed by atoms with Crippen LogP contribution in [0.4, 0.5) is 0 Å². The van der Waals surface area contributed by atoms with Crippen molar-refractivity contribution in [1.82, 2.24) is 15.5 Å². The second-order valence-corrected chi connectivity index (χ2v) is 6.00. The van der Waals surface area contributed by atoms with Gasteiger partial charge in [-0.1, -0.05) is 22.8 Å². The summed E-state index contributed by atoms with van der Waals surface area (Å²) in [6.45, 7) is 4.76. The van der Waals surface area contributed by atoms with Crippen LogP contribution in [0.2, 0.25) is 5.02 Å². The molecule has 0 spiro atoms. The fourth-order valence-corrected chi connectivity index (χ4v) is 2.02. The molecule has 0 bridgehead atoms. The van der Waals surface area contributed by atoms with E-state index >= 15 is 0 Å². The quantitative estimate of drug-likeness (QED) is 0.467. The fraction of sp³-hybridized carbons (Fsp3) is 0.333. The van der Waals surface area contributed by atoms with Gasteiger partial charge in [0.05, 0.1) is 5.54 Å². The molecule has 0 fully saturated rings. The van der Waals surface area contributed by atoms with Crippen molar-refractivity contribution in [2.24, 2.45) is 10.9 Å². The van der Waals surface area contributed by atoms with Gasteiger partial charge in [-0.15, -0.1) is 10.2 Å². The number of benzene rings is 1. The summed E-state index contributed by atoms with van der Waals surface area (Å²) in [6, 6.07) is 7.05. The first kappa shape index (κ1) is 17.7. The highest BCUT2D eigenvalue weighted by Gasteiger charge is 2.24. The summed E-state index contributed by atoms with van der Waals surface area (Å²) < 4.78 is 5.47. The lowest BCUT2D eigenvalue weighted by molar-refractivity contribution is -0.119. The molecule has 2 rings (SSSR count). The van der Waals surface area contributed by atoms with Crippen LogP contribution in [0.5, 0.6) is 0 Å². The Labute approximate surface area is 144 Å². The number of rotatable bonds is 6. The molecule has 24 heavy (non-hydrogen) atoms. The Morgan fingerprint density at radius 2 is 2.21 bits per heavy atom. The van der Waals surface area contributed by atoms with Crippen LogP contribution in [0.15, 0.2) is 33.8 Å². The fourth-order valence-electron chi connectivity index (χ4n) is 1.83. The predicted molar refractivity (Wildman–Crippen MR) is 89.1 cm³/mol. The van der Waals surface area contributed by atoms with Gasteiger partial charge in [-0.25, -0.2) is 0 Å².